The van der Waals surface area contributed by atoms with Gasteiger partial charge in [0.25, 0.3) is 10.0 Å². The summed E-state index contributed by atoms with van der Waals surface area (Å²) in [4.78, 5) is 29.4. The summed E-state index contributed by atoms with van der Waals surface area (Å²) >= 11 is 7.08. The standard InChI is InChI=1S/C23H30ClN3O5S2/c1-15(2)25-10-7-18(8-11-25)26-9-3-4-19(23(26)30)27(14-21(28)29)34(31,32)22-12-16-5-6-17(24)13-20(16)33-22/h5-6,12-13,15,18-19H,3-4,7-11,14H2,1-2H3,(H,28,29). The van der Waals surface area contributed by atoms with E-state index in [1.54, 1.807) is 23.1 Å². The topological polar surface area (TPSA) is 98.2 Å². The minimum Gasteiger partial charge on any atom is -0.480 e. The minimum absolute atomic E-state index is 0.0150. The molecule has 1 amide bonds. The maximum atomic E-state index is 13.6. The fourth-order valence-corrected chi connectivity index (χ4v) is 8.31. The van der Waals surface area contributed by atoms with Crippen molar-refractivity contribution >= 4 is 54.9 Å². The maximum absolute atomic E-state index is 13.6. The van der Waals surface area contributed by atoms with E-state index < -0.39 is 28.6 Å². The van der Waals surface area contributed by atoms with Crippen molar-refractivity contribution in [2.75, 3.05) is 26.2 Å². The molecule has 2 saturated heterocycles. The Labute approximate surface area is 209 Å². The molecular formula is C23H30ClN3O5S2. The third-order valence-electron chi connectivity index (χ3n) is 6.78. The number of hydrogen-bond acceptors (Lipinski definition) is 6. The second kappa shape index (κ2) is 10.1. The fraction of sp³-hybridized carbons (Fsp3) is 0.565. The number of benzene rings is 1. The number of hydrogen-bond donors (Lipinski definition) is 1. The fourth-order valence-electron chi connectivity index (χ4n) is 4.94. The zero-order valence-electron chi connectivity index (χ0n) is 19.3. The monoisotopic (exact) mass is 527 g/mol. The van der Waals surface area contributed by atoms with Crippen LogP contribution in [0.1, 0.15) is 39.5 Å². The number of fused-ring (bicyclic) bond motifs is 1. The molecule has 0 bridgehead atoms. The first-order valence-corrected chi connectivity index (χ1v) is 14.2. The number of piperidine rings is 2. The van der Waals surface area contributed by atoms with Crippen LogP contribution in [-0.2, 0) is 19.6 Å². The lowest BCUT2D eigenvalue weighted by molar-refractivity contribution is -0.144. The van der Waals surface area contributed by atoms with Crippen molar-refractivity contribution in [3.8, 4) is 0 Å². The molecule has 2 fully saturated rings. The Hall–Kier alpha value is -1.72. The van der Waals surface area contributed by atoms with E-state index >= 15 is 0 Å². The van der Waals surface area contributed by atoms with Crippen LogP contribution in [0.15, 0.2) is 28.5 Å². The van der Waals surface area contributed by atoms with Gasteiger partial charge in [-0.3, -0.25) is 9.59 Å². The molecule has 34 heavy (non-hydrogen) atoms. The van der Waals surface area contributed by atoms with Gasteiger partial charge in [-0.05, 0) is 63.1 Å². The van der Waals surface area contributed by atoms with Gasteiger partial charge in [0.15, 0.2) is 0 Å². The first-order chi connectivity index (χ1) is 16.1. The number of sulfonamides is 1. The highest BCUT2D eigenvalue weighted by atomic mass is 35.5. The van der Waals surface area contributed by atoms with Crippen molar-refractivity contribution in [1.82, 2.24) is 14.1 Å². The number of carboxylic acids is 1. The lowest BCUT2D eigenvalue weighted by Crippen LogP contribution is -2.59. The van der Waals surface area contributed by atoms with Gasteiger partial charge in [0.05, 0.1) is 0 Å². The summed E-state index contributed by atoms with van der Waals surface area (Å²) in [6.45, 7) is 5.89. The lowest BCUT2D eigenvalue weighted by atomic mass is 9.96. The predicted octanol–water partition coefficient (Wildman–Crippen LogP) is 3.49. The Kier molecular flexibility index (Phi) is 7.54. The van der Waals surface area contributed by atoms with E-state index in [0.717, 1.165) is 41.6 Å². The molecule has 3 heterocycles. The van der Waals surface area contributed by atoms with E-state index in [9.17, 15) is 23.1 Å². The summed E-state index contributed by atoms with van der Waals surface area (Å²) in [6.07, 6.45) is 2.61. The number of rotatable bonds is 7. The second-order valence-electron chi connectivity index (χ2n) is 9.24. The molecule has 186 valence electrons. The van der Waals surface area contributed by atoms with Gasteiger partial charge < -0.3 is 14.9 Å². The molecule has 0 saturated carbocycles. The summed E-state index contributed by atoms with van der Waals surface area (Å²) in [7, 11) is -4.21. The Bertz CT molecular complexity index is 1170. The van der Waals surface area contributed by atoms with Crippen LogP contribution in [0.3, 0.4) is 0 Å². The average molecular weight is 528 g/mol. The molecule has 1 aromatic carbocycles. The van der Waals surface area contributed by atoms with Gasteiger partial charge in [0.1, 0.15) is 16.8 Å². The molecule has 1 unspecified atom stereocenters. The first-order valence-electron chi connectivity index (χ1n) is 11.5. The van der Waals surface area contributed by atoms with E-state index in [-0.39, 0.29) is 16.2 Å². The zero-order chi connectivity index (χ0) is 24.6. The normalized spacial score (nSPS) is 21.1. The van der Waals surface area contributed by atoms with Crippen LogP contribution in [0.2, 0.25) is 5.02 Å². The summed E-state index contributed by atoms with van der Waals surface area (Å²) in [5.41, 5.74) is 0. The number of carboxylic acid groups (broad SMARTS) is 1. The van der Waals surface area contributed by atoms with Crippen LogP contribution >= 0.6 is 22.9 Å². The van der Waals surface area contributed by atoms with Crippen molar-refractivity contribution in [2.45, 2.75) is 61.9 Å². The van der Waals surface area contributed by atoms with Gasteiger partial charge in [-0.2, -0.15) is 4.31 Å². The number of aliphatic carboxylic acids is 1. The van der Waals surface area contributed by atoms with E-state index in [1.807, 2.05) is 0 Å². The van der Waals surface area contributed by atoms with Gasteiger partial charge in [-0.1, -0.05) is 17.7 Å². The second-order valence-corrected chi connectivity index (χ2v) is 12.9. The summed E-state index contributed by atoms with van der Waals surface area (Å²) in [5.74, 6) is -1.58. The number of carbonyl (C=O) groups excluding carboxylic acids is 1. The Morgan fingerprint density at radius 2 is 1.91 bits per heavy atom. The zero-order valence-corrected chi connectivity index (χ0v) is 21.7. The molecule has 1 atom stereocenters. The summed E-state index contributed by atoms with van der Waals surface area (Å²) in [5, 5.41) is 10.7. The SMILES string of the molecule is CC(C)N1CCC(N2CCCC(N(CC(=O)O)S(=O)(=O)c3cc4ccc(Cl)cc4s3)C2=O)CC1. The number of thiophene rings is 1. The van der Waals surface area contributed by atoms with Gasteiger partial charge in [0.2, 0.25) is 5.91 Å². The molecule has 0 aliphatic carbocycles. The molecule has 4 rings (SSSR count). The van der Waals surface area contributed by atoms with Crippen LogP contribution in [-0.4, -0.2) is 83.8 Å². The van der Waals surface area contributed by atoms with E-state index in [2.05, 4.69) is 18.7 Å². The Balaban J connectivity index is 1.61. The number of nitrogens with zero attached hydrogens (tertiary/aromatic N) is 3. The molecule has 0 spiro atoms. The molecule has 1 aromatic heterocycles. The van der Waals surface area contributed by atoms with Crippen molar-refractivity contribution in [1.29, 1.82) is 0 Å². The first kappa shape index (κ1) is 25.4. The average Bonchev–Trinajstić information content (AvgIpc) is 3.22. The molecule has 0 radical (unpaired) electrons. The molecule has 2 aromatic rings. The number of carbonyl (C=O) groups is 2. The van der Waals surface area contributed by atoms with Crippen molar-refractivity contribution in [3.63, 3.8) is 0 Å². The van der Waals surface area contributed by atoms with E-state index in [0.29, 0.717) is 40.5 Å². The van der Waals surface area contributed by atoms with Crippen LogP contribution in [0.4, 0.5) is 0 Å². The largest absolute Gasteiger partial charge is 0.480 e. The van der Waals surface area contributed by atoms with Crippen LogP contribution in [0, 0.1) is 0 Å². The minimum atomic E-state index is -4.21. The van der Waals surface area contributed by atoms with Gasteiger partial charge >= 0.3 is 5.97 Å². The molecule has 1 N–H and O–H groups in total. The molecule has 11 heteroatoms. The lowest BCUT2D eigenvalue weighted by Gasteiger charge is -2.44. The highest BCUT2D eigenvalue weighted by molar-refractivity contribution is 7.91. The smallest absolute Gasteiger partial charge is 0.318 e. The quantitative estimate of drug-likeness (QED) is 0.592. The molecule has 2 aliphatic heterocycles. The highest BCUT2D eigenvalue weighted by Gasteiger charge is 2.43. The summed E-state index contributed by atoms with van der Waals surface area (Å²) in [6, 6.07) is 6.07. The Morgan fingerprint density at radius 1 is 1.21 bits per heavy atom. The van der Waals surface area contributed by atoms with Crippen LogP contribution < -0.4 is 0 Å². The third-order valence-corrected chi connectivity index (χ3v) is 10.4. The third kappa shape index (κ3) is 5.11. The van der Waals surface area contributed by atoms with Crippen LogP contribution in [0.25, 0.3) is 10.1 Å². The van der Waals surface area contributed by atoms with Crippen molar-refractivity contribution < 1.29 is 23.1 Å². The Morgan fingerprint density at radius 3 is 2.56 bits per heavy atom. The number of halogens is 1. The highest BCUT2D eigenvalue weighted by Crippen LogP contribution is 2.35. The molecule has 2 aliphatic rings. The number of likely N-dealkylation sites (tertiary alicyclic amines) is 2. The predicted molar refractivity (Wildman–Crippen MR) is 133 cm³/mol. The van der Waals surface area contributed by atoms with Gasteiger partial charge in [-0.25, -0.2) is 8.42 Å². The van der Waals surface area contributed by atoms with Gasteiger partial charge in [-0.15, -0.1) is 11.3 Å². The van der Waals surface area contributed by atoms with Gasteiger partial charge in [0, 0.05) is 41.4 Å². The van der Waals surface area contributed by atoms with Crippen LogP contribution in [0.5, 0.6) is 0 Å². The van der Waals surface area contributed by atoms with E-state index in [4.69, 9.17) is 11.6 Å². The molecule has 8 nitrogen and oxygen atoms in total. The van der Waals surface area contributed by atoms with Crippen molar-refractivity contribution in [3.05, 3.63) is 29.3 Å². The number of amides is 1. The van der Waals surface area contributed by atoms with Crippen molar-refractivity contribution in [2.24, 2.45) is 0 Å². The summed E-state index contributed by atoms with van der Waals surface area (Å²) < 4.78 is 28.9. The maximum Gasteiger partial charge on any atom is 0.318 e. The van der Waals surface area contributed by atoms with E-state index in [1.165, 1.54) is 6.07 Å². The molecular weight excluding hydrogens is 498 g/mol.